The minimum Gasteiger partial charge on any atom is -0.256 e. The van der Waals surface area contributed by atoms with E-state index >= 15 is 0 Å². The molecule has 3 aromatic rings. The van der Waals surface area contributed by atoms with Gasteiger partial charge in [0.15, 0.2) is 0 Å². The molecule has 2 aromatic carbocycles. The lowest BCUT2D eigenvalue weighted by Gasteiger charge is -2.08. The summed E-state index contributed by atoms with van der Waals surface area (Å²) < 4.78 is 0. The number of pyridine rings is 1. The molecule has 0 aliphatic rings. The molecule has 0 atom stereocenters. The van der Waals surface area contributed by atoms with Crippen LogP contribution in [-0.2, 0) is 0 Å². The predicted octanol–water partition coefficient (Wildman–Crippen LogP) is 4.54. The van der Waals surface area contributed by atoms with Crippen LogP contribution in [0.4, 0.5) is 0 Å². The topological polar surface area (TPSA) is 12.9 Å². The van der Waals surface area contributed by atoms with E-state index in [4.69, 9.17) is 0 Å². The highest BCUT2D eigenvalue weighted by atomic mass is 14.7. The van der Waals surface area contributed by atoms with Gasteiger partial charge in [0.25, 0.3) is 0 Å². The van der Waals surface area contributed by atoms with Crippen molar-refractivity contribution in [2.75, 3.05) is 0 Å². The fraction of sp³-hybridized carbons (Fsp3) is 0. The first kappa shape index (κ1) is 10.7. The summed E-state index contributed by atoms with van der Waals surface area (Å²) in [6.07, 6.45) is 3.73. The van der Waals surface area contributed by atoms with Crippen molar-refractivity contribution in [3.8, 4) is 11.3 Å². The van der Waals surface area contributed by atoms with Gasteiger partial charge in [-0.1, -0.05) is 61.2 Å². The van der Waals surface area contributed by atoms with Crippen LogP contribution in [0.25, 0.3) is 28.1 Å². The first-order valence-corrected chi connectivity index (χ1v) is 5.96. The second kappa shape index (κ2) is 4.46. The molecule has 0 spiro atoms. The molecule has 0 fully saturated rings. The molecule has 3 rings (SSSR count). The number of hydrogen-bond acceptors (Lipinski definition) is 1. The molecule has 0 N–H and O–H groups in total. The molecule has 18 heavy (non-hydrogen) atoms. The van der Waals surface area contributed by atoms with Gasteiger partial charge in [-0.25, -0.2) is 0 Å². The van der Waals surface area contributed by atoms with Gasteiger partial charge >= 0.3 is 0 Å². The Labute approximate surface area is 106 Å². The van der Waals surface area contributed by atoms with Gasteiger partial charge in [0.1, 0.15) is 0 Å². The highest BCUT2D eigenvalue weighted by Crippen LogP contribution is 2.29. The molecular formula is C17H13N. The molecule has 0 bridgehead atoms. The third-order valence-corrected chi connectivity index (χ3v) is 3.11. The first-order chi connectivity index (χ1) is 8.90. The minimum absolute atomic E-state index is 1.02. The quantitative estimate of drug-likeness (QED) is 0.630. The molecule has 0 unspecified atom stereocenters. The van der Waals surface area contributed by atoms with Gasteiger partial charge in [0, 0.05) is 17.1 Å². The Hall–Kier alpha value is -2.41. The molecule has 0 amide bonds. The third-order valence-electron chi connectivity index (χ3n) is 3.11. The van der Waals surface area contributed by atoms with E-state index in [2.05, 4.69) is 35.8 Å². The van der Waals surface area contributed by atoms with Gasteiger partial charge in [-0.2, -0.15) is 0 Å². The molecule has 0 saturated heterocycles. The highest BCUT2D eigenvalue weighted by molar-refractivity contribution is 5.96. The van der Waals surface area contributed by atoms with Crippen LogP contribution in [0.1, 0.15) is 5.56 Å². The van der Waals surface area contributed by atoms with Crippen molar-refractivity contribution in [2.45, 2.75) is 0 Å². The summed E-state index contributed by atoms with van der Waals surface area (Å²) in [4.78, 5) is 4.54. The summed E-state index contributed by atoms with van der Waals surface area (Å²) >= 11 is 0. The zero-order chi connectivity index (χ0) is 12.4. The summed E-state index contributed by atoms with van der Waals surface area (Å²) in [5.74, 6) is 0. The Morgan fingerprint density at radius 1 is 0.889 bits per heavy atom. The van der Waals surface area contributed by atoms with Crippen molar-refractivity contribution < 1.29 is 0 Å². The van der Waals surface area contributed by atoms with Crippen LogP contribution >= 0.6 is 0 Å². The van der Waals surface area contributed by atoms with Crippen LogP contribution in [0.3, 0.4) is 0 Å². The van der Waals surface area contributed by atoms with E-state index in [1.54, 1.807) is 0 Å². The summed E-state index contributed by atoms with van der Waals surface area (Å²) in [5, 5.41) is 2.38. The third kappa shape index (κ3) is 1.70. The van der Waals surface area contributed by atoms with Gasteiger partial charge < -0.3 is 0 Å². The summed E-state index contributed by atoms with van der Waals surface area (Å²) in [5.41, 5.74) is 3.26. The molecule has 86 valence electrons. The summed E-state index contributed by atoms with van der Waals surface area (Å²) in [7, 11) is 0. The minimum atomic E-state index is 1.02. The van der Waals surface area contributed by atoms with Gasteiger partial charge in [-0.05, 0) is 17.0 Å². The maximum Gasteiger partial charge on any atom is 0.0786 e. The van der Waals surface area contributed by atoms with Crippen LogP contribution < -0.4 is 0 Å². The van der Waals surface area contributed by atoms with Crippen molar-refractivity contribution >= 4 is 16.8 Å². The van der Waals surface area contributed by atoms with Gasteiger partial charge in [0.05, 0.1) is 5.69 Å². The number of aromatic nitrogens is 1. The average Bonchev–Trinajstić information content (AvgIpc) is 2.46. The smallest absolute Gasteiger partial charge is 0.0786 e. The van der Waals surface area contributed by atoms with Crippen LogP contribution in [0.2, 0.25) is 0 Å². The largest absolute Gasteiger partial charge is 0.256 e. The van der Waals surface area contributed by atoms with E-state index in [0.29, 0.717) is 0 Å². The Morgan fingerprint density at radius 2 is 1.67 bits per heavy atom. The second-order valence-corrected chi connectivity index (χ2v) is 4.17. The number of fused-ring (bicyclic) bond motifs is 1. The first-order valence-electron chi connectivity index (χ1n) is 5.96. The monoisotopic (exact) mass is 231 g/mol. The fourth-order valence-electron chi connectivity index (χ4n) is 2.22. The Bertz CT molecular complexity index is 708. The van der Waals surface area contributed by atoms with Crippen LogP contribution in [0, 0.1) is 0 Å². The molecule has 0 aliphatic heterocycles. The molecule has 1 heteroatoms. The zero-order valence-corrected chi connectivity index (χ0v) is 10.0. The molecule has 0 saturated carbocycles. The van der Waals surface area contributed by atoms with Crippen molar-refractivity contribution in [1.82, 2.24) is 4.98 Å². The van der Waals surface area contributed by atoms with Gasteiger partial charge in [-0.15, -0.1) is 0 Å². The number of rotatable bonds is 2. The van der Waals surface area contributed by atoms with E-state index in [1.165, 1.54) is 10.8 Å². The molecule has 1 heterocycles. The predicted molar refractivity (Wildman–Crippen MR) is 77.3 cm³/mol. The maximum atomic E-state index is 4.54. The lowest BCUT2D eigenvalue weighted by Crippen LogP contribution is -1.88. The Balaban J connectivity index is 2.35. The van der Waals surface area contributed by atoms with Crippen molar-refractivity contribution in [3.05, 3.63) is 72.9 Å². The van der Waals surface area contributed by atoms with E-state index in [0.717, 1.165) is 16.8 Å². The molecule has 1 aromatic heterocycles. The highest BCUT2D eigenvalue weighted by Gasteiger charge is 2.07. The van der Waals surface area contributed by atoms with Crippen molar-refractivity contribution in [1.29, 1.82) is 0 Å². The molecule has 1 nitrogen and oxygen atoms in total. The normalized spacial score (nSPS) is 10.4. The number of hydrogen-bond donors (Lipinski definition) is 0. The van der Waals surface area contributed by atoms with Crippen molar-refractivity contribution in [2.24, 2.45) is 0 Å². The Kier molecular flexibility index (Phi) is 2.66. The lowest BCUT2D eigenvalue weighted by molar-refractivity contribution is 1.35. The lowest BCUT2D eigenvalue weighted by atomic mass is 9.99. The van der Waals surface area contributed by atoms with E-state index in [-0.39, 0.29) is 0 Å². The van der Waals surface area contributed by atoms with Crippen LogP contribution in [-0.4, -0.2) is 4.98 Å². The molecular weight excluding hydrogens is 218 g/mol. The zero-order valence-electron chi connectivity index (χ0n) is 10.0. The average molecular weight is 231 g/mol. The fourth-order valence-corrected chi connectivity index (χ4v) is 2.22. The Morgan fingerprint density at radius 3 is 2.56 bits per heavy atom. The van der Waals surface area contributed by atoms with Crippen molar-refractivity contribution in [3.63, 3.8) is 0 Å². The van der Waals surface area contributed by atoms with Crippen LogP contribution in [0.15, 0.2) is 67.4 Å². The van der Waals surface area contributed by atoms with E-state index < -0.39 is 0 Å². The molecule has 0 aliphatic carbocycles. The number of benzene rings is 2. The standard InChI is InChI=1S/C17H13N/c1-2-13-7-3-5-9-15(13)17-16-10-6-4-8-14(16)11-12-18-17/h2-12H,1H2. The number of nitrogens with zero attached hydrogens (tertiary/aromatic N) is 1. The van der Waals surface area contributed by atoms with Gasteiger partial charge in [-0.3, -0.25) is 4.98 Å². The van der Waals surface area contributed by atoms with Crippen LogP contribution in [0.5, 0.6) is 0 Å². The second-order valence-electron chi connectivity index (χ2n) is 4.17. The van der Waals surface area contributed by atoms with E-state index in [9.17, 15) is 0 Å². The van der Waals surface area contributed by atoms with E-state index in [1.807, 2.05) is 42.6 Å². The summed E-state index contributed by atoms with van der Waals surface area (Å²) in [6, 6.07) is 18.6. The van der Waals surface area contributed by atoms with Gasteiger partial charge in [0.2, 0.25) is 0 Å². The maximum absolute atomic E-state index is 4.54. The summed E-state index contributed by atoms with van der Waals surface area (Å²) in [6.45, 7) is 3.87. The SMILES string of the molecule is C=Cc1ccccc1-c1nccc2ccccc12. The molecule has 0 radical (unpaired) electrons.